The zero-order valence-electron chi connectivity index (χ0n) is 11.0. The average molecular weight is 275 g/mol. The van der Waals surface area contributed by atoms with E-state index < -0.39 is 18.0 Å². The fourth-order valence-corrected chi connectivity index (χ4v) is 2.16. The Labute approximate surface area is 116 Å². The lowest BCUT2D eigenvalue weighted by atomic mass is 10.1. The third-order valence-corrected chi connectivity index (χ3v) is 3.25. The number of nitrogens with two attached hydrogens (primary N) is 1. The largest absolute Gasteiger partial charge is 0.370 e. The molecular formula is C14H17N3O3. The van der Waals surface area contributed by atoms with Crippen molar-refractivity contribution in [2.24, 2.45) is 5.73 Å². The van der Waals surface area contributed by atoms with Gasteiger partial charge >= 0.3 is 6.03 Å². The highest BCUT2D eigenvalue weighted by Gasteiger charge is 2.37. The van der Waals surface area contributed by atoms with Gasteiger partial charge in [0.15, 0.2) is 0 Å². The van der Waals surface area contributed by atoms with Crippen LogP contribution >= 0.6 is 0 Å². The predicted octanol–water partition coefficient (Wildman–Crippen LogP) is 0.415. The van der Waals surface area contributed by atoms with Crippen LogP contribution in [0.1, 0.15) is 18.4 Å². The number of carbonyl (C=O) groups excluding carboxylic acids is 3. The number of amides is 4. The van der Waals surface area contributed by atoms with Gasteiger partial charge in [0.25, 0.3) is 5.91 Å². The molecule has 1 heterocycles. The first-order valence-electron chi connectivity index (χ1n) is 6.52. The molecule has 0 bridgehead atoms. The third-order valence-electron chi connectivity index (χ3n) is 3.25. The summed E-state index contributed by atoms with van der Waals surface area (Å²) in [6.07, 6.45) is 1.24. The molecule has 1 aliphatic heterocycles. The Kier molecular flexibility index (Phi) is 4.34. The quantitative estimate of drug-likeness (QED) is 0.737. The molecule has 0 aliphatic carbocycles. The van der Waals surface area contributed by atoms with Crippen LogP contribution in [0.2, 0.25) is 0 Å². The van der Waals surface area contributed by atoms with Gasteiger partial charge in [0.05, 0.1) is 0 Å². The van der Waals surface area contributed by atoms with Gasteiger partial charge in [-0.05, 0) is 18.4 Å². The molecule has 4 amide bonds. The number of aryl methyl sites for hydroxylation is 1. The molecule has 1 fully saturated rings. The van der Waals surface area contributed by atoms with E-state index in [-0.39, 0.29) is 18.9 Å². The number of hydrogen-bond acceptors (Lipinski definition) is 3. The van der Waals surface area contributed by atoms with E-state index in [0.717, 1.165) is 10.5 Å². The van der Waals surface area contributed by atoms with Crippen LogP contribution in [0.25, 0.3) is 0 Å². The average Bonchev–Trinajstić information content (AvgIpc) is 2.70. The van der Waals surface area contributed by atoms with E-state index in [1.54, 1.807) is 0 Å². The second-order valence-electron chi connectivity index (χ2n) is 4.73. The van der Waals surface area contributed by atoms with Crippen LogP contribution in [0.4, 0.5) is 4.79 Å². The Hall–Kier alpha value is -2.37. The Balaban J connectivity index is 1.89. The smallest absolute Gasteiger partial charge is 0.324 e. The summed E-state index contributed by atoms with van der Waals surface area (Å²) < 4.78 is 0. The first-order chi connectivity index (χ1) is 9.58. The van der Waals surface area contributed by atoms with Crippen molar-refractivity contribution in [2.45, 2.75) is 25.3 Å². The molecule has 1 atom stereocenters. The van der Waals surface area contributed by atoms with Crippen molar-refractivity contribution in [1.82, 2.24) is 10.2 Å². The molecule has 0 saturated carbocycles. The maximum Gasteiger partial charge on any atom is 0.324 e. The minimum atomic E-state index is -0.529. The SMILES string of the molecule is NC(=O)CCN1C(=O)N[C@@H](CCc2ccccc2)C1=O. The van der Waals surface area contributed by atoms with E-state index >= 15 is 0 Å². The van der Waals surface area contributed by atoms with Gasteiger partial charge in [-0.1, -0.05) is 30.3 Å². The number of carbonyl (C=O) groups is 3. The number of hydrogen-bond donors (Lipinski definition) is 2. The van der Waals surface area contributed by atoms with Crippen molar-refractivity contribution >= 4 is 17.8 Å². The lowest BCUT2D eigenvalue weighted by Gasteiger charge is -2.11. The second kappa shape index (κ2) is 6.18. The van der Waals surface area contributed by atoms with E-state index in [0.29, 0.717) is 12.8 Å². The van der Waals surface area contributed by atoms with Gasteiger partial charge in [-0.3, -0.25) is 14.5 Å². The van der Waals surface area contributed by atoms with Gasteiger partial charge in [-0.2, -0.15) is 0 Å². The molecule has 1 aromatic rings. The molecule has 1 saturated heterocycles. The normalized spacial score (nSPS) is 18.2. The number of rotatable bonds is 6. The first-order valence-corrected chi connectivity index (χ1v) is 6.52. The lowest BCUT2D eigenvalue weighted by Crippen LogP contribution is -2.34. The molecule has 0 aromatic heterocycles. The molecule has 3 N–H and O–H groups in total. The zero-order valence-corrected chi connectivity index (χ0v) is 11.0. The lowest BCUT2D eigenvalue weighted by molar-refractivity contribution is -0.128. The number of benzene rings is 1. The summed E-state index contributed by atoms with van der Waals surface area (Å²) >= 11 is 0. The zero-order chi connectivity index (χ0) is 14.5. The van der Waals surface area contributed by atoms with E-state index in [1.165, 1.54) is 0 Å². The molecule has 0 spiro atoms. The van der Waals surface area contributed by atoms with Crippen LogP contribution in [0.5, 0.6) is 0 Å². The van der Waals surface area contributed by atoms with Crippen LogP contribution in [0.3, 0.4) is 0 Å². The van der Waals surface area contributed by atoms with Crippen LogP contribution in [-0.2, 0) is 16.0 Å². The molecule has 6 heteroatoms. The molecular weight excluding hydrogens is 258 g/mol. The van der Waals surface area contributed by atoms with E-state index in [9.17, 15) is 14.4 Å². The van der Waals surface area contributed by atoms with Gasteiger partial charge in [0.1, 0.15) is 6.04 Å². The Bertz CT molecular complexity index is 516. The monoisotopic (exact) mass is 275 g/mol. The number of nitrogens with one attached hydrogen (secondary N) is 1. The van der Waals surface area contributed by atoms with Gasteiger partial charge in [0.2, 0.25) is 5.91 Å². The van der Waals surface area contributed by atoms with E-state index in [4.69, 9.17) is 5.73 Å². The van der Waals surface area contributed by atoms with Crippen molar-refractivity contribution in [2.75, 3.05) is 6.54 Å². The molecule has 2 rings (SSSR count). The van der Waals surface area contributed by atoms with Gasteiger partial charge in [-0.25, -0.2) is 4.79 Å². The molecule has 0 unspecified atom stereocenters. The van der Waals surface area contributed by atoms with Gasteiger partial charge in [0, 0.05) is 13.0 Å². The molecule has 106 valence electrons. The maximum absolute atomic E-state index is 12.0. The highest BCUT2D eigenvalue weighted by atomic mass is 16.2. The van der Waals surface area contributed by atoms with Crippen LogP contribution < -0.4 is 11.1 Å². The van der Waals surface area contributed by atoms with Crippen molar-refractivity contribution in [1.29, 1.82) is 0 Å². The van der Waals surface area contributed by atoms with Crippen LogP contribution in [0, 0.1) is 0 Å². The van der Waals surface area contributed by atoms with Crippen LogP contribution in [-0.4, -0.2) is 35.3 Å². The summed E-state index contributed by atoms with van der Waals surface area (Å²) in [7, 11) is 0. The van der Waals surface area contributed by atoms with Crippen molar-refractivity contribution in [3.63, 3.8) is 0 Å². The Morgan fingerprint density at radius 3 is 2.60 bits per heavy atom. The molecule has 0 radical (unpaired) electrons. The molecule has 1 aromatic carbocycles. The minimum absolute atomic E-state index is 0.00936. The van der Waals surface area contributed by atoms with E-state index in [2.05, 4.69) is 5.32 Å². The predicted molar refractivity (Wildman–Crippen MR) is 72.6 cm³/mol. The number of urea groups is 1. The fourth-order valence-electron chi connectivity index (χ4n) is 2.16. The number of imide groups is 1. The molecule has 6 nitrogen and oxygen atoms in total. The summed E-state index contributed by atoms with van der Waals surface area (Å²) in [5.41, 5.74) is 6.14. The maximum atomic E-state index is 12.0. The highest BCUT2D eigenvalue weighted by molar-refractivity contribution is 6.04. The molecule has 20 heavy (non-hydrogen) atoms. The van der Waals surface area contributed by atoms with Crippen LogP contribution in [0.15, 0.2) is 30.3 Å². The topological polar surface area (TPSA) is 92.5 Å². The van der Waals surface area contributed by atoms with Crippen molar-refractivity contribution in [3.05, 3.63) is 35.9 Å². The fraction of sp³-hybridized carbons (Fsp3) is 0.357. The van der Waals surface area contributed by atoms with Gasteiger partial charge < -0.3 is 11.1 Å². The Morgan fingerprint density at radius 2 is 1.95 bits per heavy atom. The highest BCUT2D eigenvalue weighted by Crippen LogP contribution is 2.13. The van der Waals surface area contributed by atoms with Gasteiger partial charge in [-0.15, -0.1) is 0 Å². The first kappa shape index (κ1) is 14.0. The van der Waals surface area contributed by atoms with Crippen molar-refractivity contribution in [3.8, 4) is 0 Å². The summed E-state index contributed by atoms with van der Waals surface area (Å²) in [6, 6.07) is 8.79. The third kappa shape index (κ3) is 3.34. The summed E-state index contributed by atoms with van der Waals surface area (Å²) in [6.45, 7) is 0.0435. The second-order valence-corrected chi connectivity index (χ2v) is 4.73. The minimum Gasteiger partial charge on any atom is -0.370 e. The van der Waals surface area contributed by atoms with Crippen molar-refractivity contribution < 1.29 is 14.4 Å². The standard InChI is InChI=1S/C14H17N3O3/c15-12(18)8-9-17-13(19)11(16-14(17)20)7-6-10-4-2-1-3-5-10/h1-5,11H,6-9H2,(H2,15,18)(H,16,20)/t11-/m0/s1. The van der Waals surface area contributed by atoms with E-state index in [1.807, 2.05) is 30.3 Å². The summed E-state index contributed by atoms with van der Waals surface area (Å²) in [5.74, 6) is -0.814. The molecule has 1 aliphatic rings. The summed E-state index contributed by atoms with van der Waals surface area (Å²) in [4.78, 5) is 35.5. The summed E-state index contributed by atoms with van der Waals surface area (Å²) in [5, 5.41) is 2.63. The number of primary amides is 1. The number of nitrogens with zero attached hydrogens (tertiary/aromatic N) is 1. The Morgan fingerprint density at radius 1 is 1.25 bits per heavy atom.